The van der Waals surface area contributed by atoms with Crippen LogP contribution in [-0.2, 0) is 16.6 Å². The van der Waals surface area contributed by atoms with Crippen LogP contribution in [0.25, 0.3) is 0 Å². The van der Waals surface area contributed by atoms with Gasteiger partial charge in [-0.2, -0.15) is 4.31 Å². The molecule has 3 heterocycles. The molecule has 0 saturated carbocycles. The van der Waals surface area contributed by atoms with Crippen molar-refractivity contribution in [2.24, 2.45) is 0 Å². The van der Waals surface area contributed by atoms with Gasteiger partial charge in [0.1, 0.15) is 13.2 Å². The topological polar surface area (TPSA) is 88.5 Å². The summed E-state index contributed by atoms with van der Waals surface area (Å²) in [4.78, 5) is 0.147. The molecule has 0 fully saturated rings. The van der Waals surface area contributed by atoms with E-state index in [1.807, 2.05) is 18.3 Å². The van der Waals surface area contributed by atoms with Crippen LogP contribution in [0.2, 0.25) is 0 Å². The van der Waals surface area contributed by atoms with Gasteiger partial charge in [0.05, 0.1) is 32.3 Å². The first-order valence-electron chi connectivity index (χ1n) is 10.8. The molecule has 10 heteroatoms. The van der Waals surface area contributed by atoms with Crippen molar-refractivity contribution in [3.63, 3.8) is 0 Å². The molecule has 9 nitrogen and oxygen atoms in total. The quantitative estimate of drug-likeness (QED) is 0.529. The Labute approximate surface area is 198 Å². The first kappa shape index (κ1) is 22.4. The van der Waals surface area contributed by atoms with Crippen molar-refractivity contribution in [3.8, 4) is 28.7 Å². The van der Waals surface area contributed by atoms with E-state index in [0.29, 0.717) is 60.6 Å². The van der Waals surface area contributed by atoms with Gasteiger partial charge in [0, 0.05) is 31.0 Å². The number of sulfonamides is 1. The van der Waals surface area contributed by atoms with E-state index in [2.05, 4.69) is 4.57 Å². The summed E-state index contributed by atoms with van der Waals surface area (Å²) in [6.45, 7) is 1.64. The highest BCUT2D eigenvalue weighted by Gasteiger charge is 2.39. The maximum Gasteiger partial charge on any atom is 0.244 e. The Bertz CT molecular complexity index is 1290. The molecule has 2 aliphatic heterocycles. The van der Waals surface area contributed by atoms with Crippen LogP contribution in [0.4, 0.5) is 0 Å². The Hall–Kier alpha value is -3.37. The van der Waals surface area contributed by atoms with Crippen molar-refractivity contribution >= 4 is 10.0 Å². The van der Waals surface area contributed by atoms with Gasteiger partial charge < -0.3 is 28.3 Å². The van der Waals surface area contributed by atoms with Crippen LogP contribution in [0, 0.1) is 0 Å². The average Bonchev–Trinajstić information content (AvgIpc) is 3.35. The van der Waals surface area contributed by atoms with Crippen molar-refractivity contribution in [2.75, 3.05) is 41.1 Å². The largest absolute Gasteiger partial charge is 0.493 e. The molecule has 0 unspecified atom stereocenters. The third-order valence-corrected chi connectivity index (χ3v) is 7.98. The van der Waals surface area contributed by atoms with Gasteiger partial charge in [-0.05, 0) is 42.0 Å². The lowest BCUT2D eigenvalue weighted by Gasteiger charge is -2.36. The molecule has 5 rings (SSSR count). The summed E-state index contributed by atoms with van der Waals surface area (Å²) in [5.74, 6) is 2.33. The SMILES string of the molecule is COc1cc([C@@H]2c3cccn3CCN2S(=O)(=O)c2ccc3c(c2)OCCO3)cc(OC)c1OC. The van der Waals surface area contributed by atoms with Gasteiger partial charge in [0.25, 0.3) is 0 Å². The smallest absolute Gasteiger partial charge is 0.244 e. The van der Waals surface area contributed by atoms with Gasteiger partial charge in [0.15, 0.2) is 23.0 Å². The highest BCUT2D eigenvalue weighted by Crippen LogP contribution is 2.44. The number of fused-ring (bicyclic) bond motifs is 2. The normalized spacial score (nSPS) is 17.7. The minimum atomic E-state index is -3.90. The molecule has 2 aliphatic rings. The second-order valence-electron chi connectivity index (χ2n) is 7.91. The number of hydrogen-bond acceptors (Lipinski definition) is 7. The molecule has 1 atom stereocenters. The van der Waals surface area contributed by atoms with Crippen molar-refractivity contribution in [1.82, 2.24) is 8.87 Å². The Balaban J connectivity index is 1.64. The highest BCUT2D eigenvalue weighted by atomic mass is 32.2. The molecule has 3 aromatic rings. The van der Waals surface area contributed by atoms with Crippen LogP contribution in [0.3, 0.4) is 0 Å². The maximum absolute atomic E-state index is 14.0. The first-order valence-corrected chi connectivity index (χ1v) is 12.3. The zero-order valence-corrected chi connectivity index (χ0v) is 20.0. The summed E-state index contributed by atoms with van der Waals surface area (Å²) in [6, 6.07) is 11.6. The number of rotatable bonds is 6. The summed E-state index contributed by atoms with van der Waals surface area (Å²) in [6.07, 6.45) is 1.95. The molecule has 0 amide bonds. The maximum atomic E-state index is 14.0. The van der Waals surface area contributed by atoms with Gasteiger partial charge in [-0.3, -0.25) is 0 Å². The van der Waals surface area contributed by atoms with Crippen LogP contribution in [0.15, 0.2) is 53.6 Å². The average molecular weight is 487 g/mol. The third-order valence-electron chi connectivity index (χ3n) is 6.12. The molecular formula is C24H26N2O7S. The van der Waals surface area contributed by atoms with Crippen molar-refractivity contribution in [3.05, 3.63) is 59.9 Å². The molecule has 0 saturated heterocycles. The van der Waals surface area contributed by atoms with Gasteiger partial charge in [-0.25, -0.2) is 8.42 Å². The molecule has 34 heavy (non-hydrogen) atoms. The zero-order valence-electron chi connectivity index (χ0n) is 19.2. The molecule has 2 aromatic carbocycles. The van der Waals surface area contributed by atoms with Crippen molar-refractivity contribution < 1.29 is 32.1 Å². The molecule has 0 bridgehead atoms. The fraction of sp³-hybridized carbons (Fsp3) is 0.333. The van der Waals surface area contributed by atoms with Gasteiger partial charge in [0.2, 0.25) is 15.8 Å². The first-order chi connectivity index (χ1) is 16.5. The van der Waals surface area contributed by atoms with Gasteiger partial charge in [-0.15, -0.1) is 0 Å². The number of hydrogen-bond donors (Lipinski definition) is 0. The predicted octanol–water partition coefficient (Wildman–Crippen LogP) is 3.08. The van der Waals surface area contributed by atoms with Crippen molar-refractivity contribution in [1.29, 1.82) is 0 Å². The van der Waals surface area contributed by atoms with E-state index in [0.717, 1.165) is 5.69 Å². The number of ether oxygens (including phenoxy) is 5. The summed E-state index contributed by atoms with van der Waals surface area (Å²) in [5.41, 5.74) is 1.55. The minimum Gasteiger partial charge on any atom is -0.493 e. The Morgan fingerprint density at radius 2 is 1.59 bits per heavy atom. The summed E-state index contributed by atoms with van der Waals surface area (Å²) < 4.78 is 59.2. The molecular weight excluding hydrogens is 460 g/mol. The Kier molecular flexibility index (Phi) is 5.78. The lowest BCUT2D eigenvalue weighted by molar-refractivity contribution is 0.171. The minimum absolute atomic E-state index is 0.147. The Morgan fingerprint density at radius 3 is 2.26 bits per heavy atom. The second-order valence-corrected chi connectivity index (χ2v) is 9.80. The predicted molar refractivity (Wildman–Crippen MR) is 124 cm³/mol. The Morgan fingerprint density at radius 1 is 0.882 bits per heavy atom. The summed E-state index contributed by atoms with van der Waals surface area (Å²) in [7, 11) is 0.708. The fourth-order valence-corrected chi connectivity index (χ4v) is 6.13. The van der Waals surface area contributed by atoms with Crippen LogP contribution in [-0.4, -0.2) is 58.4 Å². The molecule has 0 aliphatic carbocycles. The van der Waals surface area contributed by atoms with Crippen LogP contribution >= 0.6 is 0 Å². The summed E-state index contributed by atoms with van der Waals surface area (Å²) in [5, 5.41) is 0. The van der Waals surface area contributed by atoms with Crippen LogP contribution < -0.4 is 23.7 Å². The number of nitrogens with zero attached hydrogens (tertiary/aromatic N) is 2. The number of methoxy groups -OCH3 is 3. The number of aromatic nitrogens is 1. The molecule has 0 spiro atoms. The van der Waals surface area contributed by atoms with Crippen LogP contribution in [0.1, 0.15) is 17.3 Å². The van der Waals surface area contributed by atoms with E-state index in [-0.39, 0.29) is 4.90 Å². The van der Waals surface area contributed by atoms with Gasteiger partial charge in [-0.1, -0.05) is 0 Å². The lowest BCUT2D eigenvalue weighted by atomic mass is 10.0. The van der Waals surface area contributed by atoms with E-state index < -0.39 is 16.1 Å². The van der Waals surface area contributed by atoms with E-state index >= 15 is 0 Å². The van der Waals surface area contributed by atoms with Gasteiger partial charge >= 0.3 is 0 Å². The van der Waals surface area contributed by atoms with E-state index in [4.69, 9.17) is 23.7 Å². The van der Waals surface area contributed by atoms with E-state index in [1.54, 1.807) is 24.3 Å². The third kappa shape index (κ3) is 3.63. The zero-order chi connectivity index (χ0) is 23.9. The molecule has 0 N–H and O–H groups in total. The van der Waals surface area contributed by atoms with Crippen molar-refractivity contribution in [2.45, 2.75) is 17.5 Å². The highest BCUT2D eigenvalue weighted by molar-refractivity contribution is 7.89. The second kappa shape index (κ2) is 8.77. The number of benzene rings is 2. The van der Waals surface area contributed by atoms with E-state index in [9.17, 15) is 8.42 Å². The monoisotopic (exact) mass is 486 g/mol. The molecule has 180 valence electrons. The molecule has 1 aromatic heterocycles. The van der Waals surface area contributed by atoms with E-state index in [1.165, 1.54) is 31.7 Å². The fourth-order valence-electron chi connectivity index (χ4n) is 4.54. The summed E-state index contributed by atoms with van der Waals surface area (Å²) >= 11 is 0. The molecule has 0 radical (unpaired) electrons. The standard InChI is InChI=1S/C24H26N2O7S/c1-29-21-13-16(14-22(30-2)24(21)31-3)23-18-5-4-8-25(18)9-10-26(23)34(27,28)17-6-7-19-20(15-17)33-12-11-32-19/h4-8,13-15,23H,9-12H2,1-3H3/t23-/m1/s1. The van der Waals surface area contributed by atoms with Crippen LogP contribution in [0.5, 0.6) is 28.7 Å². The lowest BCUT2D eigenvalue weighted by Crippen LogP contribution is -2.42.